The van der Waals surface area contributed by atoms with Crippen LogP contribution in [0.15, 0.2) is 36.7 Å². The zero-order chi connectivity index (χ0) is 20.5. The van der Waals surface area contributed by atoms with Crippen molar-refractivity contribution < 1.29 is 4.79 Å². The highest BCUT2D eigenvalue weighted by atomic mass is 16.2. The molecule has 6 heteroatoms. The van der Waals surface area contributed by atoms with E-state index in [0.717, 1.165) is 38.4 Å². The molecule has 1 amide bonds. The van der Waals surface area contributed by atoms with Gasteiger partial charge in [-0.3, -0.25) is 4.79 Å². The van der Waals surface area contributed by atoms with Crippen molar-refractivity contribution in [2.75, 3.05) is 46.8 Å². The van der Waals surface area contributed by atoms with Crippen molar-refractivity contribution in [3.05, 3.63) is 53.6 Å². The maximum absolute atomic E-state index is 13.0. The number of likely N-dealkylation sites (N-methyl/N-ethyl adjacent to an activating group) is 1. The highest BCUT2D eigenvalue weighted by Crippen LogP contribution is 2.45. The predicted molar refractivity (Wildman–Crippen MR) is 115 cm³/mol. The number of amides is 1. The third kappa shape index (κ3) is 4.09. The summed E-state index contributed by atoms with van der Waals surface area (Å²) in [5.74, 6) is 2.44. The number of rotatable bonds is 6. The predicted octanol–water partition coefficient (Wildman–Crippen LogP) is 1.96. The Kier molecular flexibility index (Phi) is 5.74. The van der Waals surface area contributed by atoms with Gasteiger partial charge in [-0.25, -0.2) is 4.98 Å². The Hall–Kier alpha value is -2.18. The molecule has 0 bridgehead atoms. The van der Waals surface area contributed by atoms with E-state index in [4.69, 9.17) is 0 Å². The van der Waals surface area contributed by atoms with Gasteiger partial charge in [-0.1, -0.05) is 24.3 Å². The van der Waals surface area contributed by atoms with E-state index in [9.17, 15) is 4.79 Å². The summed E-state index contributed by atoms with van der Waals surface area (Å²) in [6, 6.07) is 8.77. The molecule has 0 N–H and O–H groups in total. The van der Waals surface area contributed by atoms with E-state index in [-0.39, 0.29) is 11.9 Å². The minimum atomic E-state index is 0.187. The molecule has 1 aromatic heterocycles. The Labute approximate surface area is 174 Å². The van der Waals surface area contributed by atoms with Crippen molar-refractivity contribution in [2.24, 2.45) is 18.9 Å². The normalized spacial score (nSPS) is 24.4. The van der Waals surface area contributed by atoms with Crippen LogP contribution in [0.5, 0.6) is 0 Å². The number of likely N-dealkylation sites (tertiary alicyclic amines) is 2. The minimum absolute atomic E-state index is 0.187. The van der Waals surface area contributed by atoms with Crippen molar-refractivity contribution in [1.82, 2.24) is 24.3 Å². The molecule has 4 rings (SSSR count). The zero-order valence-electron chi connectivity index (χ0n) is 18.1. The van der Waals surface area contributed by atoms with Crippen molar-refractivity contribution in [3.63, 3.8) is 0 Å². The van der Waals surface area contributed by atoms with Crippen LogP contribution in [-0.2, 0) is 18.3 Å². The molecule has 0 unspecified atom stereocenters. The molecule has 3 heterocycles. The molecule has 3 atom stereocenters. The molecular formula is C23H33N5O. The van der Waals surface area contributed by atoms with Crippen LogP contribution in [0.1, 0.15) is 23.0 Å². The van der Waals surface area contributed by atoms with Crippen molar-refractivity contribution in [3.8, 4) is 0 Å². The van der Waals surface area contributed by atoms with Gasteiger partial charge >= 0.3 is 0 Å². The number of carbonyl (C=O) groups excluding carboxylic acids is 1. The van der Waals surface area contributed by atoms with Gasteiger partial charge in [0.05, 0.1) is 12.6 Å². The second-order valence-corrected chi connectivity index (χ2v) is 8.97. The lowest BCUT2D eigenvalue weighted by atomic mass is 9.87. The van der Waals surface area contributed by atoms with Crippen LogP contribution in [0.25, 0.3) is 0 Å². The SMILES string of the molecule is Cc1ccccc1[C@H]1[C@@H]2CN(CCc3nccn3C)C[C@@H]2CN1C(=O)CN(C)C. The van der Waals surface area contributed by atoms with Gasteiger partial charge in [0.2, 0.25) is 5.91 Å². The van der Waals surface area contributed by atoms with Crippen LogP contribution in [0.2, 0.25) is 0 Å². The van der Waals surface area contributed by atoms with Crippen LogP contribution < -0.4 is 0 Å². The van der Waals surface area contributed by atoms with E-state index in [1.165, 1.54) is 11.1 Å². The van der Waals surface area contributed by atoms with E-state index in [0.29, 0.717) is 18.4 Å². The fourth-order valence-corrected chi connectivity index (χ4v) is 5.15. The topological polar surface area (TPSA) is 44.6 Å². The number of aryl methyl sites for hydroxylation is 2. The molecule has 6 nitrogen and oxygen atoms in total. The van der Waals surface area contributed by atoms with E-state index in [1.807, 2.05) is 31.4 Å². The lowest BCUT2D eigenvalue weighted by Crippen LogP contribution is -2.40. The molecule has 2 aliphatic rings. The van der Waals surface area contributed by atoms with Crippen molar-refractivity contribution in [2.45, 2.75) is 19.4 Å². The fourth-order valence-electron chi connectivity index (χ4n) is 5.15. The number of benzene rings is 1. The van der Waals surface area contributed by atoms with Crippen LogP contribution >= 0.6 is 0 Å². The van der Waals surface area contributed by atoms with Gasteiger partial charge < -0.3 is 19.3 Å². The van der Waals surface area contributed by atoms with Crippen LogP contribution in [0.4, 0.5) is 0 Å². The Morgan fingerprint density at radius 2 is 2.00 bits per heavy atom. The molecule has 2 saturated heterocycles. The summed E-state index contributed by atoms with van der Waals surface area (Å²) in [5, 5.41) is 0. The maximum atomic E-state index is 13.0. The first kappa shape index (κ1) is 20.1. The van der Waals surface area contributed by atoms with Gasteiger partial charge in [-0.15, -0.1) is 0 Å². The van der Waals surface area contributed by atoms with Gasteiger partial charge in [0.15, 0.2) is 0 Å². The van der Waals surface area contributed by atoms with Crippen LogP contribution in [0.3, 0.4) is 0 Å². The molecule has 2 fully saturated rings. The van der Waals surface area contributed by atoms with E-state index in [2.05, 4.69) is 57.6 Å². The monoisotopic (exact) mass is 395 g/mol. The third-order valence-electron chi connectivity index (χ3n) is 6.59. The van der Waals surface area contributed by atoms with E-state index >= 15 is 0 Å². The third-order valence-corrected chi connectivity index (χ3v) is 6.59. The zero-order valence-corrected chi connectivity index (χ0v) is 18.1. The number of nitrogens with zero attached hydrogens (tertiary/aromatic N) is 5. The number of hydrogen-bond donors (Lipinski definition) is 0. The summed E-state index contributed by atoms with van der Waals surface area (Å²) in [4.78, 5) is 24.2. The second-order valence-electron chi connectivity index (χ2n) is 8.97. The first-order chi connectivity index (χ1) is 13.9. The Balaban J connectivity index is 1.51. The molecule has 29 heavy (non-hydrogen) atoms. The van der Waals surface area contributed by atoms with Gasteiger partial charge in [-0.05, 0) is 38.1 Å². The van der Waals surface area contributed by atoms with Crippen molar-refractivity contribution in [1.29, 1.82) is 0 Å². The Morgan fingerprint density at radius 1 is 1.21 bits per heavy atom. The number of imidazole rings is 1. The summed E-state index contributed by atoms with van der Waals surface area (Å²) in [7, 11) is 6.00. The largest absolute Gasteiger partial charge is 0.338 e. The van der Waals surface area contributed by atoms with Gasteiger partial charge in [0, 0.05) is 58.0 Å². The molecule has 156 valence electrons. The minimum Gasteiger partial charge on any atom is -0.338 e. The summed E-state index contributed by atoms with van der Waals surface area (Å²) >= 11 is 0. The molecule has 0 saturated carbocycles. The summed E-state index contributed by atoms with van der Waals surface area (Å²) < 4.78 is 2.11. The molecule has 0 spiro atoms. The summed E-state index contributed by atoms with van der Waals surface area (Å²) in [6.07, 6.45) is 4.86. The summed E-state index contributed by atoms with van der Waals surface area (Å²) in [5.41, 5.74) is 2.60. The highest BCUT2D eigenvalue weighted by Gasteiger charge is 2.49. The lowest BCUT2D eigenvalue weighted by Gasteiger charge is -2.31. The van der Waals surface area contributed by atoms with Gasteiger partial charge in [0.25, 0.3) is 0 Å². The maximum Gasteiger partial charge on any atom is 0.237 e. The van der Waals surface area contributed by atoms with E-state index in [1.54, 1.807) is 0 Å². The Bertz CT molecular complexity index is 860. The van der Waals surface area contributed by atoms with Gasteiger partial charge in [-0.2, -0.15) is 0 Å². The number of carbonyl (C=O) groups is 1. The Morgan fingerprint density at radius 3 is 2.69 bits per heavy atom. The number of fused-ring (bicyclic) bond motifs is 1. The highest BCUT2D eigenvalue weighted by molar-refractivity contribution is 5.79. The van der Waals surface area contributed by atoms with Crippen LogP contribution in [-0.4, -0.2) is 77.0 Å². The van der Waals surface area contributed by atoms with Gasteiger partial charge in [0.1, 0.15) is 5.82 Å². The average molecular weight is 396 g/mol. The smallest absolute Gasteiger partial charge is 0.237 e. The molecule has 2 aromatic rings. The first-order valence-corrected chi connectivity index (χ1v) is 10.6. The molecule has 2 aliphatic heterocycles. The molecular weight excluding hydrogens is 362 g/mol. The molecule has 0 radical (unpaired) electrons. The van der Waals surface area contributed by atoms with E-state index < -0.39 is 0 Å². The standard InChI is InChI=1S/C23H33N5O/c1-17-7-5-6-8-19(17)23-20-15-27(11-9-21-24-10-12-26(21)4)13-18(20)14-28(23)22(29)16-25(2)3/h5-8,10,12,18,20,23H,9,11,13-16H2,1-4H3/t18-,20-,23+/m1/s1. The average Bonchev–Trinajstić information content (AvgIpc) is 3.34. The van der Waals surface area contributed by atoms with Crippen molar-refractivity contribution >= 4 is 5.91 Å². The number of hydrogen-bond acceptors (Lipinski definition) is 4. The van der Waals surface area contributed by atoms with Crippen LogP contribution in [0, 0.1) is 18.8 Å². The second kappa shape index (κ2) is 8.28. The lowest BCUT2D eigenvalue weighted by molar-refractivity contribution is -0.133. The summed E-state index contributed by atoms with van der Waals surface area (Å²) in [6.45, 7) is 6.68. The quantitative estimate of drug-likeness (QED) is 0.750. The number of aromatic nitrogens is 2. The first-order valence-electron chi connectivity index (χ1n) is 10.6. The molecule has 1 aromatic carbocycles. The molecule has 0 aliphatic carbocycles. The fraction of sp³-hybridized carbons (Fsp3) is 0.565.